The molecule has 2 N–H and O–H groups in total. The molecule has 1 aromatic heterocycles. The number of aromatic hydroxyl groups is 1. The van der Waals surface area contributed by atoms with Crippen LogP contribution in [0.25, 0.3) is 0 Å². The topological polar surface area (TPSA) is 71.2 Å². The van der Waals surface area contributed by atoms with Crippen molar-refractivity contribution in [2.45, 2.75) is 20.0 Å². The van der Waals surface area contributed by atoms with E-state index in [0.29, 0.717) is 35.4 Å². The fraction of sp³-hybridized carbons (Fsp3) is 0.273. The fourth-order valence-electron chi connectivity index (χ4n) is 1.47. The number of nitrogens with one attached hydrogen (secondary N) is 1. The molecule has 0 aliphatic rings. The first-order valence-corrected chi connectivity index (χ1v) is 5.98. The molecule has 0 spiro atoms. The van der Waals surface area contributed by atoms with E-state index in [1.54, 1.807) is 13.0 Å². The van der Waals surface area contributed by atoms with Gasteiger partial charge in [0.1, 0.15) is 5.75 Å². The zero-order chi connectivity index (χ0) is 13.1. The second kappa shape index (κ2) is 5.56. The van der Waals surface area contributed by atoms with E-state index in [9.17, 15) is 5.11 Å². The van der Waals surface area contributed by atoms with Crippen LogP contribution < -0.4 is 5.32 Å². The van der Waals surface area contributed by atoms with Crippen molar-refractivity contribution in [2.75, 3.05) is 0 Å². The number of aromatic nitrogens is 2. The zero-order valence-electron chi connectivity index (χ0n) is 9.57. The van der Waals surface area contributed by atoms with Crippen molar-refractivity contribution >= 4 is 23.2 Å². The van der Waals surface area contributed by atoms with Gasteiger partial charge in [-0.05, 0) is 19.1 Å². The summed E-state index contributed by atoms with van der Waals surface area (Å²) in [6.07, 6.45) is 0. The van der Waals surface area contributed by atoms with E-state index in [-0.39, 0.29) is 10.8 Å². The molecule has 5 nitrogen and oxygen atoms in total. The van der Waals surface area contributed by atoms with E-state index in [1.807, 2.05) is 0 Å². The lowest BCUT2D eigenvalue weighted by atomic mass is 10.2. The second-order valence-electron chi connectivity index (χ2n) is 3.73. The first kappa shape index (κ1) is 13.1. The molecule has 0 unspecified atom stereocenters. The van der Waals surface area contributed by atoms with E-state index in [4.69, 9.17) is 27.7 Å². The third kappa shape index (κ3) is 3.13. The third-order valence-corrected chi connectivity index (χ3v) is 2.77. The average molecular weight is 288 g/mol. The van der Waals surface area contributed by atoms with Gasteiger partial charge >= 0.3 is 0 Å². The molecule has 2 rings (SSSR count). The van der Waals surface area contributed by atoms with E-state index in [1.165, 1.54) is 6.07 Å². The molecule has 2 aromatic rings. The molecule has 0 amide bonds. The molecular weight excluding hydrogens is 277 g/mol. The Kier molecular flexibility index (Phi) is 4.06. The Morgan fingerprint density at radius 2 is 2.11 bits per heavy atom. The van der Waals surface area contributed by atoms with Crippen molar-refractivity contribution in [3.8, 4) is 5.75 Å². The summed E-state index contributed by atoms with van der Waals surface area (Å²) in [5.41, 5.74) is 0.615. The van der Waals surface area contributed by atoms with Gasteiger partial charge in [0, 0.05) is 17.1 Å². The maximum Gasteiger partial charge on any atom is 0.240 e. The molecule has 1 aromatic carbocycles. The number of benzene rings is 1. The van der Waals surface area contributed by atoms with Crippen LogP contribution in [0.4, 0.5) is 0 Å². The third-order valence-electron chi connectivity index (χ3n) is 2.27. The quantitative estimate of drug-likeness (QED) is 0.905. The van der Waals surface area contributed by atoms with Crippen LogP contribution in [-0.4, -0.2) is 15.2 Å². The van der Waals surface area contributed by atoms with Crippen molar-refractivity contribution in [3.63, 3.8) is 0 Å². The number of phenols is 1. The predicted octanol–water partition coefficient (Wildman–Crippen LogP) is 2.68. The first-order valence-electron chi connectivity index (χ1n) is 5.23. The lowest BCUT2D eigenvalue weighted by molar-refractivity contribution is 0.363. The second-order valence-corrected chi connectivity index (χ2v) is 4.58. The molecule has 0 saturated heterocycles. The highest BCUT2D eigenvalue weighted by molar-refractivity contribution is 6.35. The lowest BCUT2D eigenvalue weighted by Crippen LogP contribution is -2.13. The summed E-state index contributed by atoms with van der Waals surface area (Å²) in [6, 6.07) is 3.14. The highest BCUT2D eigenvalue weighted by atomic mass is 35.5. The van der Waals surface area contributed by atoms with Gasteiger partial charge in [-0.15, -0.1) is 0 Å². The summed E-state index contributed by atoms with van der Waals surface area (Å²) < 4.78 is 4.94. The van der Waals surface area contributed by atoms with Crippen molar-refractivity contribution in [1.29, 1.82) is 0 Å². The zero-order valence-corrected chi connectivity index (χ0v) is 11.1. The number of rotatable bonds is 4. The molecular formula is C11H11Cl2N3O2. The van der Waals surface area contributed by atoms with Crippen LogP contribution in [0.15, 0.2) is 16.7 Å². The Morgan fingerprint density at radius 3 is 2.78 bits per heavy atom. The van der Waals surface area contributed by atoms with Crippen LogP contribution in [0.2, 0.25) is 10.0 Å². The van der Waals surface area contributed by atoms with E-state index in [0.717, 1.165) is 0 Å². The average Bonchev–Trinajstić information content (AvgIpc) is 2.71. The normalized spacial score (nSPS) is 10.8. The van der Waals surface area contributed by atoms with Gasteiger partial charge in [-0.2, -0.15) is 4.98 Å². The van der Waals surface area contributed by atoms with Gasteiger partial charge in [0.25, 0.3) is 0 Å². The molecule has 0 saturated carbocycles. The maximum absolute atomic E-state index is 9.74. The summed E-state index contributed by atoms with van der Waals surface area (Å²) in [5.74, 6) is 1.09. The fourth-order valence-corrected chi connectivity index (χ4v) is 2.01. The van der Waals surface area contributed by atoms with E-state index >= 15 is 0 Å². The standard InChI is InChI=1S/C11H11Cl2N3O2/c1-6-15-10(18-16-6)5-14-4-7-2-8(12)3-9(13)11(7)17/h2-3,14,17H,4-5H2,1H3. The summed E-state index contributed by atoms with van der Waals surface area (Å²) in [4.78, 5) is 4.04. The highest BCUT2D eigenvalue weighted by Gasteiger charge is 2.08. The van der Waals surface area contributed by atoms with Crippen LogP contribution in [0, 0.1) is 6.92 Å². The van der Waals surface area contributed by atoms with Gasteiger partial charge < -0.3 is 14.9 Å². The molecule has 18 heavy (non-hydrogen) atoms. The van der Waals surface area contributed by atoms with E-state index in [2.05, 4.69) is 15.5 Å². The molecule has 96 valence electrons. The first-order chi connectivity index (χ1) is 8.56. The van der Waals surface area contributed by atoms with Gasteiger partial charge in [0.15, 0.2) is 5.82 Å². The van der Waals surface area contributed by atoms with Gasteiger partial charge in [0.2, 0.25) is 5.89 Å². The molecule has 0 atom stereocenters. The minimum absolute atomic E-state index is 0.0234. The molecule has 7 heteroatoms. The smallest absolute Gasteiger partial charge is 0.240 e. The number of hydrogen-bond donors (Lipinski definition) is 2. The highest BCUT2D eigenvalue weighted by Crippen LogP contribution is 2.30. The Labute approximate surface area is 114 Å². The number of phenolic OH excluding ortho intramolecular Hbond substituents is 1. The predicted molar refractivity (Wildman–Crippen MR) is 67.7 cm³/mol. The Morgan fingerprint density at radius 1 is 1.33 bits per heavy atom. The molecule has 0 radical (unpaired) electrons. The molecule has 1 heterocycles. The van der Waals surface area contributed by atoms with Crippen LogP contribution in [0.5, 0.6) is 5.75 Å². The van der Waals surface area contributed by atoms with Crippen LogP contribution in [0.1, 0.15) is 17.3 Å². The minimum Gasteiger partial charge on any atom is -0.506 e. The van der Waals surface area contributed by atoms with Crippen LogP contribution >= 0.6 is 23.2 Å². The molecule has 0 aliphatic heterocycles. The molecule has 0 fully saturated rings. The van der Waals surface area contributed by atoms with Gasteiger partial charge in [-0.3, -0.25) is 0 Å². The van der Waals surface area contributed by atoms with Crippen LogP contribution in [-0.2, 0) is 13.1 Å². The van der Waals surface area contributed by atoms with Crippen molar-refractivity contribution in [1.82, 2.24) is 15.5 Å². The number of halogens is 2. The number of hydrogen-bond acceptors (Lipinski definition) is 5. The summed E-state index contributed by atoms with van der Waals surface area (Å²) >= 11 is 11.7. The summed E-state index contributed by atoms with van der Waals surface area (Å²) in [5, 5.41) is 17.2. The minimum atomic E-state index is 0.0234. The van der Waals surface area contributed by atoms with Crippen LogP contribution in [0.3, 0.4) is 0 Å². The lowest BCUT2D eigenvalue weighted by Gasteiger charge is -2.07. The van der Waals surface area contributed by atoms with Gasteiger partial charge in [-0.1, -0.05) is 28.4 Å². The van der Waals surface area contributed by atoms with E-state index < -0.39 is 0 Å². The largest absolute Gasteiger partial charge is 0.506 e. The SMILES string of the molecule is Cc1noc(CNCc2cc(Cl)cc(Cl)c2O)n1. The Hall–Kier alpha value is -1.30. The Bertz CT molecular complexity index is 557. The number of nitrogens with zero attached hydrogens (tertiary/aromatic N) is 2. The molecule has 0 bridgehead atoms. The van der Waals surface area contributed by atoms with Crippen molar-refractivity contribution in [3.05, 3.63) is 39.5 Å². The summed E-state index contributed by atoms with van der Waals surface area (Å²) in [7, 11) is 0. The Balaban J connectivity index is 1.98. The summed E-state index contributed by atoms with van der Waals surface area (Å²) in [6.45, 7) is 2.55. The van der Waals surface area contributed by atoms with Gasteiger partial charge in [0.05, 0.1) is 11.6 Å². The molecule has 0 aliphatic carbocycles. The van der Waals surface area contributed by atoms with Crippen molar-refractivity contribution < 1.29 is 9.63 Å². The maximum atomic E-state index is 9.74. The number of aryl methyl sites for hydroxylation is 1. The monoisotopic (exact) mass is 287 g/mol. The van der Waals surface area contributed by atoms with Crippen molar-refractivity contribution in [2.24, 2.45) is 0 Å². The van der Waals surface area contributed by atoms with Gasteiger partial charge in [-0.25, -0.2) is 0 Å².